The molecule has 1 amide bonds. The van der Waals surface area contributed by atoms with Gasteiger partial charge in [-0.15, -0.1) is 0 Å². The van der Waals surface area contributed by atoms with E-state index in [-0.39, 0.29) is 37.5 Å². The normalized spacial score (nSPS) is 12.3. The van der Waals surface area contributed by atoms with Crippen LogP contribution in [0.25, 0.3) is 6.08 Å². The van der Waals surface area contributed by atoms with Crippen molar-refractivity contribution in [2.24, 2.45) is 0 Å². The summed E-state index contributed by atoms with van der Waals surface area (Å²) in [5.74, 6) is -0.0690. The van der Waals surface area contributed by atoms with E-state index >= 15 is 0 Å². The second-order valence-electron chi connectivity index (χ2n) is 4.68. The molecule has 0 aliphatic heterocycles. The maximum absolute atomic E-state index is 12.3. The Morgan fingerprint density at radius 3 is 2.77 bits per heavy atom. The Hall–Kier alpha value is -2.08. The molecular weight excluding hydrogens is 286 g/mol. The van der Waals surface area contributed by atoms with Gasteiger partial charge in [0.2, 0.25) is 5.91 Å². The van der Waals surface area contributed by atoms with Crippen LogP contribution in [0.2, 0.25) is 0 Å². The summed E-state index contributed by atoms with van der Waals surface area (Å²) in [6.45, 7) is 3.97. The van der Waals surface area contributed by atoms with Crippen LogP contribution in [-0.2, 0) is 14.3 Å². The lowest BCUT2D eigenvalue weighted by Crippen LogP contribution is -2.42. The average molecular weight is 309 g/mol. The van der Waals surface area contributed by atoms with Gasteiger partial charge in [-0.25, -0.2) is 0 Å². The van der Waals surface area contributed by atoms with Crippen LogP contribution in [0.3, 0.4) is 0 Å². The zero-order chi connectivity index (χ0) is 16.4. The third kappa shape index (κ3) is 5.73. The van der Waals surface area contributed by atoms with E-state index in [1.54, 1.807) is 25.1 Å². The van der Waals surface area contributed by atoms with E-state index < -0.39 is 0 Å². The van der Waals surface area contributed by atoms with Gasteiger partial charge in [-0.05, 0) is 31.6 Å². The third-order valence-electron chi connectivity index (χ3n) is 3.20. The average Bonchev–Trinajstić information content (AvgIpc) is 3.02. The molecule has 1 aromatic heterocycles. The van der Waals surface area contributed by atoms with Gasteiger partial charge in [0.25, 0.3) is 0 Å². The number of ether oxygens (including phenoxy) is 1. The number of esters is 1. The maximum atomic E-state index is 12.3. The van der Waals surface area contributed by atoms with Crippen LogP contribution in [0, 0.1) is 0 Å². The molecule has 6 heteroatoms. The van der Waals surface area contributed by atoms with E-state index in [4.69, 9.17) is 9.15 Å². The molecule has 1 unspecified atom stereocenters. The van der Waals surface area contributed by atoms with Gasteiger partial charge < -0.3 is 19.2 Å². The van der Waals surface area contributed by atoms with Gasteiger partial charge in [0.1, 0.15) is 5.76 Å². The lowest BCUT2D eigenvalue weighted by Gasteiger charge is -2.28. The summed E-state index contributed by atoms with van der Waals surface area (Å²) >= 11 is 0. The van der Waals surface area contributed by atoms with Gasteiger partial charge in [0.05, 0.1) is 31.9 Å². The molecule has 1 rings (SSSR count). The first-order chi connectivity index (χ1) is 10.6. The highest BCUT2D eigenvalue weighted by Crippen LogP contribution is 2.09. The third-order valence-corrected chi connectivity index (χ3v) is 3.20. The van der Waals surface area contributed by atoms with Crippen molar-refractivity contribution in [3.8, 4) is 0 Å². The molecule has 1 atom stereocenters. The molecule has 122 valence electrons. The number of aliphatic hydroxyl groups excluding tert-OH is 1. The van der Waals surface area contributed by atoms with Crippen molar-refractivity contribution in [3.63, 3.8) is 0 Å². The quantitative estimate of drug-likeness (QED) is 0.556. The number of carbonyl (C=O) groups is 2. The molecule has 22 heavy (non-hydrogen) atoms. The highest BCUT2D eigenvalue weighted by Gasteiger charge is 2.21. The van der Waals surface area contributed by atoms with Gasteiger partial charge in [-0.2, -0.15) is 0 Å². The van der Waals surface area contributed by atoms with E-state index in [1.165, 1.54) is 17.2 Å². The van der Waals surface area contributed by atoms with Crippen LogP contribution in [0.15, 0.2) is 28.9 Å². The van der Waals surface area contributed by atoms with Crippen LogP contribution < -0.4 is 0 Å². The van der Waals surface area contributed by atoms with Crippen LogP contribution >= 0.6 is 0 Å². The van der Waals surface area contributed by atoms with Crippen molar-refractivity contribution < 1.29 is 23.8 Å². The smallest absolute Gasteiger partial charge is 0.307 e. The molecule has 0 aromatic carbocycles. The second kappa shape index (κ2) is 9.78. The van der Waals surface area contributed by atoms with Gasteiger partial charge >= 0.3 is 5.97 Å². The Kier molecular flexibility index (Phi) is 7.99. The monoisotopic (exact) mass is 309 g/mol. The number of furan rings is 1. The van der Waals surface area contributed by atoms with Crippen LogP contribution in [0.1, 0.15) is 32.4 Å². The lowest BCUT2D eigenvalue weighted by molar-refractivity contribution is -0.144. The van der Waals surface area contributed by atoms with Gasteiger partial charge in [0, 0.05) is 12.6 Å². The molecule has 0 aliphatic carbocycles. The Morgan fingerprint density at radius 2 is 2.23 bits per heavy atom. The molecule has 0 saturated carbocycles. The summed E-state index contributed by atoms with van der Waals surface area (Å²) in [4.78, 5) is 25.2. The Morgan fingerprint density at radius 1 is 1.45 bits per heavy atom. The zero-order valence-electron chi connectivity index (χ0n) is 13.0. The molecule has 0 fully saturated rings. The maximum Gasteiger partial charge on any atom is 0.307 e. The summed E-state index contributed by atoms with van der Waals surface area (Å²) in [6.07, 6.45) is 5.15. The van der Waals surface area contributed by atoms with E-state index in [0.717, 1.165) is 0 Å². The van der Waals surface area contributed by atoms with Crippen LogP contribution in [0.4, 0.5) is 0 Å². The second-order valence-corrected chi connectivity index (χ2v) is 4.68. The minimum atomic E-state index is -0.358. The van der Waals surface area contributed by atoms with Crippen molar-refractivity contribution in [2.45, 2.75) is 32.7 Å². The fraction of sp³-hybridized carbons (Fsp3) is 0.500. The van der Waals surface area contributed by atoms with E-state index in [9.17, 15) is 14.7 Å². The van der Waals surface area contributed by atoms with Gasteiger partial charge in [-0.1, -0.05) is 6.92 Å². The van der Waals surface area contributed by atoms with Crippen molar-refractivity contribution in [3.05, 3.63) is 30.2 Å². The highest BCUT2D eigenvalue weighted by molar-refractivity contribution is 5.91. The summed E-state index contributed by atoms with van der Waals surface area (Å²) in [5, 5.41) is 9.41. The number of hydrogen-bond acceptors (Lipinski definition) is 5. The predicted octanol–water partition coefficient (Wildman–Crippen LogP) is 1.85. The largest absolute Gasteiger partial charge is 0.466 e. The van der Waals surface area contributed by atoms with Crippen molar-refractivity contribution in [1.29, 1.82) is 0 Å². The summed E-state index contributed by atoms with van der Waals surface area (Å²) in [5.41, 5.74) is 0. The molecule has 1 N–H and O–H groups in total. The first-order valence-electron chi connectivity index (χ1n) is 7.41. The fourth-order valence-corrected chi connectivity index (χ4v) is 2.00. The number of nitrogens with zero attached hydrogens (tertiary/aromatic N) is 1. The molecule has 1 heterocycles. The zero-order valence-corrected chi connectivity index (χ0v) is 13.0. The molecule has 6 nitrogen and oxygen atoms in total. The topological polar surface area (TPSA) is 80.0 Å². The fourth-order valence-electron chi connectivity index (χ4n) is 2.00. The Labute approximate surface area is 130 Å². The van der Waals surface area contributed by atoms with Gasteiger partial charge in [-0.3, -0.25) is 9.59 Å². The molecule has 0 aliphatic rings. The van der Waals surface area contributed by atoms with Crippen molar-refractivity contribution >= 4 is 18.0 Å². The number of aliphatic hydroxyl groups is 1. The minimum absolute atomic E-state index is 0.102. The van der Waals surface area contributed by atoms with Crippen molar-refractivity contribution in [2.75, 3.05) is 19.8 Å². The SMILES string of the molecule is CCOC(=O)CCN(C(=O)/C=C/c1ccco1)C(CC)CO. The van der Waals surface area contributed by atoms with E-state index in [1.807, 2.05) is 6.92 Å². The highest BCUT2D eigenvalue weighted by atomic mass is 16.5. The number of hydrogen-bond donors (Lipinski definition) is 1. The first kappa shape index (κ1) is 18.0. The number of rotatable bonds is 9. The van der Waals surface area contributed by atoms with E-state index in [0.29, 0.717) is 18.8 Å². The van der Waals surface area contributed by atoms with E-state index in [2.05, 4.69) is 0 Å². The Balaban J connectivity index is 2.71. The molecule has 1 aromatic rings. The summed E-state index contributed by atoms with van der Waals surface area (Å²) in [7, 11) is 0. The number of carbonyl (C=O) groups excluding carboxylic acids is 2. The van der Waals surface area contributed by atoms with Crippen LogP contribution in [-0.4, -0.2) is 47.7 Å². The Bertz CT molecular complexity index is 477. The molecular formula is C16H23NO5. The van der Waals surface area contributed by atoms with Crippen molar-refractivity contribution in [1.82, 2.24) is 4.90 Å². The first-order valence-corrected chi connectivity index (χ1v) is 7.41. The number of amides is 1. The predicted molar refractivity (Wildman–Crippen MR) is 81.9 cm³/mol. The van der Waals surface area contributed by atoms with Gasteiger partial charge in [0.15, 0.2) is 0 Å². The summed E-state index contributed by atoms with van der Waals surface area (Å²) in [6, 6.07) is 3.13. The summed E-state index contributed by atoms with van der Waals surface area (Å²) < 4.78 is 9.99. The van der Waals surface area contributed by atoms with Crippen LogP contribution in [0.5, 0.6) is 0 Å². The lowest BCUT2D eigenvalue weighted by atomic mass is 10.2. The molecule has 0 bridgehead atoms. The molecule has 0 spiro atoms. The standard InChI is InChI=1S/C16H23NO5/c1-3-13(12-18)17(10-9-16(20)21-4-2)15(19)8-7-14-6-5-11-22-14/h5-8,11,13,18H,3-4,9-10,12H2,1-2H3/b8-7+. The molecule has 0 radical (unpaired) electrons. The minimum Gasteiger partial charge on any atom is -0.466 e. The molecule has 0 saturated heterocycles.